The number of ether oxygens (including phenoxy) is 2. The molecule has 2 N–H and O–H groups in total. The average molecular weight is 329 g/mol. The van der Waals surface area contributed by atoms with Crippen molar-refractivity contribution >= 4 is 28.8 Å². The van der Waals surface area contributed by atoms with Gasteiger partial charge in [-0.25, -0.2) is 14.8 Å². The number of aromatic amines is 2. The van der Waals surface area contributed by atoms with E-state index in [2.05, 4.69) is 9.97 Å². The number of imidazole rings is 1. The number of carbonyl (C=O) groups is 1. The third-order valence-corrected chi connectivity index (χ3v) is 4.45. The molecule has 23 heavy (non-hydrogen) atoms. The number of aromatic nitrogens is 2. The summed E-state index contributed by atoms with van der Waals surface area (Å²) in [6.07, 6.45) is 0. The molecule has 0 spiro atoms. The van der Waals surface area contributed by atoms with Crippen molar-refractivity contribution < 1.29 is 19.3 Å². The van der Waals surface area contributed by atoms with Crippen molar-refractivity contribution in [3.05, 3.63) is 53.6 Å². The summed E-state index contributed by atoms with van der Waals surface area (Å²) in [5.41, 5.74) is 3.74. The fourth-order valence-corrected chi connectivity index (χ4v) is 3.09. The van der Waals surface area contributed by atoms with Crippen molar-refractivity contribution in [3.8, 4) is 5.75 Å². The zero-order valence-electron chi connectivity index (χ0n) is 12.9. The maximum Gasteiger partial charge on any atom is 0.337 e. The van der Waals surface area contributed by atoms with Gasteiger partial charge in [0.25, 0.3) is 0 Å². The molecule has 1 aromatic heterocycles. The normalized spacial score (nSPS) is 10.7. The van der Waals surface area contributed by atoms with Crippen LogP contribution in [-0.2, 0) is 10.5 Å². The lowest BCUT2D eigenvalue weighted by atomic mass is 10.1. The van der Waals surface area contributed by atoms with Gasteiger partial charge in [0.1, 0.15) is 5.75 Å². The molecule has 2 aromatic carbocycles. The van der Waals surface area contributed by atoms with Crippen molar-refractivity contribution in [2.24, 2.45) is 0 Å². The van der Waals surface area contributed by atoms with Crippen LogP contribution in [0.2, 0.25) is 0 Å². The van der Waals surface area contributed by atoms with Crippen LogP contribution in [0.4, 0.5) is 0 Å². The van der Waals surface area contributed by atoms with Crippen LogP contribution in [0.1, 0.15) is 15.9 Å². The molecule has 0 saturated heterocycles. The monoisotopic (exact) mass is 329 g/mol. The Bertz CT molecular complexity index is 827. The Labute approximate surface area is 138 Å². The molecule has 3 aromatic rings. The zero-order chi connectivity index (χ0) is 16.2. The van der Waals surface area contributed by atoms with Crippen LogP contribution in [0.3, 0.4) is 0 Å². The van der Waals surface area contributed by atoms with Gasteiger partial charge in [-0.1, -0.05) is 12.1 Å². The number of esters is 1. The van der Waals surface area contributed by atoms with Crippen molar-refractivity contribution in [3.63, 3.8) is 0 Å². The number of fused-ring (bicyclic) bond motifs is 1. The first-order valence-corrected chi connectivity index (χ1v) is 8.07. The molecular weight excluding hydrogens is 312 g/mol. The fraction of sp³-hybridized carbons (Fsp3) is 0.176. The second-order valence-corrected chi connectivity index (χ2v) is 5.95. The van der Waals surface area contributed by atoms with Gasteiger partial charge in [-0.2, -0.15) is 0 Å². The molecule has 0 aliphatic rings. The van der Waals surface area contributed by atoms with E-state index in [1.54, 1.807) is 31.0 Å². The predicted molar refractivity (Wildman–Crippen MR) is 88.7 cm³/mol. The average Bonchev–Trinajstić information content (AvgIpc) is 3.01. The van der Waals surface area contributed by atoms with Crippen LogP contribution >= 0.6 is 11.8 Å². The molecule has 0 amide bonds. The molecule has 0 aliphatic heterocycles. The van der Waals surface area contributed by atoms with Gasteiger partial charge in [0.2, 0.25) is 0 Å². The molecule has 0 aliphatic carbocycles. The lowest BCUT2D eigenvalue weighted by Crippen LogP contribution is -2.02. The van der Waals surface area contributed by atoms with Gasteiger partial charge in [0.05, 0.1) is 19.8 Å². The van der Waals surface area contributed by atoms with E-state index in [-0.39, 0.29) is 5.97 Å². The lowest BCUT2D eigenvalue weighted by molar-refractivity contribution is -0.396. The Balaban J connectivity index is 1.69. The number of rotatable bonds is 5. The van der Waals surface area contributed by atoms with Gasteiger partial charge in [-0.3, -0.25) is 0 Å². The summed E-state index contributed by atoms with van der Waals surface area (Å²) in [5.74, 6) is 1.30. The molecule has 0 atom stereocenters. The lowest BCUT2D eigenvalue weighted by Gasteiger charge is -2.01. The second-order valence-electron chi connectivity index (χ2n) is 4.97. The second kappa shape index (κ2) is 6.75. The van der Waals surface area contributed by atoms with Crippen LogP contribution in [0, 0.1) is 0 Å². The molecule has 3 rings (SSSR count). The number of carbonyl (C=O) groups excluding carboxylic acids is 1. The Morgan fingerprint density at radius 3 is 2.65 bits per heavy atom. The Morgan fingerprint density at radius 1 is 1.17 bits per heavy atom. The number of methoxy groups -OCH3 is 2. The smallest absolute Gasteiger partial charge is 0.337 e. The van der Waals surface area contributed by atoms with Crippen LogP contribution in [0.25, 0.3) is 11.0 Å². The highest BCUT2D eigenvalue weighted by Crippen LogP contribution is 2.22. The summed E-state index contributed by atoms with van der Waals surface area (Å²) >= 11 is 1.66. The van der Waals surface area contributed by atoms with Crippen molar-refractivity contribution in [2.75, 3.05) is 14.2 Å². The Kier molecular flexibility index (Phi) is 4.52. The molecule has 0 radical (unpaired) electrons. The number of thioether (sulfide) groups is 1. The SMILES string of the molecule is COC(=O)c1ccc(CSc2[nH]c3cc(OC)ccc3[nH+]2)cc1. The minimum absolute atomic E-state index is 0.317. The summed E-state index contributed by atoms with van der Waals surface area (Å²) in [5, 5.41) is 0.977. The first-order valence-electron chi connectivity index (χ1n) is 7.08. The molecule has 0 unspecified atom stereocenters. The zero-order valence-corrected chi connectivity index (χ0v) is 13.7. The van der Waals surface area contributed by atoms with Gasteiger partial charge >= 0.3 is 11.1 Å². The van der Waals surface area contributed by atoms with Crippen molar-refractivity contribution in [1.82, 2.24) is 4.98 Å². The first-order chi connectivity index (χ1) is 11.2. The van der Waals surface area contributed by atoms with Crippen LogP contribution < -0.4 is 9.72 Å². The highest BCUT2D eigenvalue weighted by atomic mass is 32.2. The molecular formula is C17H17N2O3S+. The minimum atomic E-state index is -0.317. The highest BCUT2D eigenvalue weighted by Gasteiger charge is 2.12. The van der Waals surface area contributed by atoms with Gasteiger partial charge < -0.3 is 9.47 Å². The van der Waals surface area contributed by atoms with Gasteiger partial charge in [-0.15, -0.1) is 0 Å². The third-order valence-electron chi connectivity index (χ3n) is 3.48. The van der Waals surface area contributed by atoms with Crippen LogP contribution in [0.5, 0.6) is 5.75 Å². The summed E-state index contributed by atoms with van der Waals surface area (Å²) in [4.78, 5) is 18.1. The number of nitrogens with one attached hydrogen (secondary N) is 2. The Hall–Kier alpha value is -2.47. The minimum Gasteiger partial charge on any atom is -0.497 e. The number of hydrogen-bond donors (Lipinski definition) is 1. The molecule has 0 bridgehead atoms. The summed E-state index contributed by atoms with van der Waals surface area (Å²) in [6, 6.07) is 13.3. The van der Waals surface area contributed by atoms with Crippen molar-refractivity contribution in [1.29, 1.82) is 0 Å². The molecule has 1 heterocycles. The number of H-pyrrole nitrogens is 2. The van der Waals surface area contributed by atoms with E-state index in [1.807, 2.05) is 30.3 Å². The van der Waals surface area contributed by atoms with E-state index < -0.39 is 0 Å². The quantitative estimate of drug-likeness (QED) is 0.577. The molecule has 0 fully saturated rings. The molecule has 6 heteroatoms. The molecule has 0 saturated carbocycles. The van der Waals surface area contributed by atoms with E-state index in [1.165, 1.54) is 7.11 Å². The third kappa shape index (κ3) is 3.48. The Morgan fingerprint density at radius 2 is 1.96 bits per heavy atom. The van der Waals surface area contributed by atoms with E-state index >= 15 is 0 Å². The van der Waals surface area contributed by atoms with Crippen LogP contribution in [0.15, 0.2) is 47.6 Å². The predicted octanol–water partition coefficient (Wildman–Crippen LogP) is 3.07. The molecule has 118 valence electrons. The van der Waals surface area contributed by atoms with E-state index in [9.17, 15) is 4.79 Å². The van der Waals surface area contributed by atoms with Gasteiger partial charge in [-0.05, 0) is 41.6 Å². The topological polar surface area (TPSA) is 65.5 Å². The summed E-state index contributed by atoms with van der Waals surface area (Å²) < 4.78 is 9.92. The number of benzene rings is 2. The fourth-order valence-electron chi connectivity index (χ4n) is 2.22. The van der Waals surface area contributed by atoms with Crippen molar-refractivity contribution in [2.45, 2.75) is 10.9 Å². The standard InChI is InChI=1S/C17H16N2O3S/c1-21-13-7-8-14-15(9-13)19-17(18-14)23-10-11-3-5-12(6-4-11)16(20)22-2/h3-9H,10H2,1-2H3,(H,18,19)/p+1. The highest BCUT2D eigenvalue weighted by molar-refractivity contribution is 7.98. The van der Waals surface area contributed by atoms with E-state index in [0.29, 0.717) is 5.56 Å². The summed E-state index contributed by atoms with van der Waals surface area (Å²) in [7, 11) is 3.04. The maximum atomic E-state index is 11.4. The molecule has 5 nitrogen and oxygen atoms in total. The number of hydrogen-bond acceptors (Lipinski definition) is 4. The van der Waals surface area contributed by atoms with E-state index in [4.69, 9.17) is 9.47 Å². The van der Waals surface area contributed by atoms with Gasteiger partial charge in [0.15, 0.2) is 11.0 Å². The summed E-state index contributed by atoms with van der Waals surface area (Å²) in [6.45, 7) is 0. The van der Waals surface area contributed by atoms with Gasteiger partial charge in [0, 0.05) is 11.8 Å². The van der Waals surface area contributed by atoms with E-state index in [0.717, 1.165) is 33.3 Å². The largest absolute Gasteiger partial charge is 0.497 e. The first kappa shape index (κ1) is 15.4. The van der Waals surface area contributed by atoms with Crippen LogP contribution in [-0.4, -0.2) is 25.2 Å². The maximum absolute atomic E-state index is 11.4.